The van der Waals surface area contributed by atoms with Crippen LogP contribution in [-0.2, 0) is 0 Å². The molecule has 0 amide bonds. The Kier molecular flexibility index (Phi) is 4.67. The molecule has 0 spiro atoms. The third-order valence-corrected chi connectivity index (χ3v) is 2.30. The first-order chi connectivity index (χ1) is 8.62. The predicted octanol–water partition coefficient (Wildman–Crippen LogP) is 3.80. The monoisotopic (exact) mass is 287 g/mol. The highest BCUT2D eigenvalue weighted by molar-refractivity contribution is 5.36. The molecule has 0 radical (unpaired) electrons. The molecule has 8 heteroatoms. The highest BCUT2D eigenvalue weighted by Gasteiger charge is 2.36. The van der Waals surface area contributed by atoms with Gasteiger partial charge >= 0.3 is 12.5 Å². The van der Waals surface area contributed by atoms with Gasteiger partial charge in [0.05, 0.1) is 6.42 Å². The lowest BCUT2D eigenvalue weighted by Gasteiger charge is -2.21. The number of rotatable bonds is 4. The maximum atomic E-state index is 12.3. The van der Waals surface area contributed by atoms with Crippen molar-refractivity contribution >= 4 is 0 Å². The Balaban J connectivity index is 3.03. The molecule has 108 valence electrons. The summed E-state index contributed by atoms with van der Waals surface area (Å²) in [6, 6.07) is 3.43. The lowest BCUT2D eigenvalue weighted by molar-refractivity contribution is -0.275. The lowest BCUT2D eigenvalue weighted by atomic mass is 10.0. The molecule has 0 saturated heterocycles. The summed E-state index contributed by atoms with van der Waals surface area (Å²) in [4.78, 5) is 0. The number of alkyl halides is 6. The van der Waals surface area contributed by atoms with Gasteiger partial charge in [-0.25, -0.2) is 0 Å². The zero-order valence-corrected chi connectivity index (χ0v) is 9.77. The standard InChI is InChI=1S/C11H11F6NO/c1-18-8(6-10(12,13)14)7-4-2-3-5-9(7)19-11(15,16)17/h2-5,8,18H,6H2,1H3. The van der Waals surface area contributed by atoms with Gasteiger partial charge in [-0.2, -0.15) is 13.2 Å². The van der Waals surface area contributed by atoms with Crippen LogP contribution in [0.15, 0.2) is 24.3 Å². The molecule has 0 aliphatic heterocycles. The third-order valence-electron chi connectivity index (χ3n) is 2.30. The Morgan fingerprint density at radius 1 is 1.11 bits per heavy atom. The first-order valence-corrected chi connectivity index (χ1v) is 5.21. The molecule has 19 heavy (non-hydrogen) atoms. The maximum absolute atomic E-state index is 12.3. The number of nitrogens with one attached hydrogen (secondary N) is 1. The fourth-order valence-corrected chi connectivity index (χ4v) is 1.59. The fourth-order valence-electron chi connectivity index (χ4n) is 1.59. The average Bonchev–Trinajstić information content (AvgIpc) is 2.23. The molecule has 1 rings (SSSR count). The molecule has 0 heterocycles. The molecule has 1 unspecified atom stereocenters. The van der Waals surface area contributed by atoms with E-state index in [1.807, 2.05) is 0 Å². The van der Waals surface area contributed by atoms with E-state index in [0.717, 1.165) is 12.1 Å². The van der Waals surface area contributed by atoms with E-state index in [1.54, 1.807) is 0 Å². The largest absolute Gasteiger partial charge is 0.573 e. The van der Waals surface area contributed by atoms with Gasteiger partial charge < -0.3 is 10.1 Å². The quantitative estimate of drug-likeness (QED) is 0.850. The summed E-state index contributed by atoms with van der Waals surface area (Å²) in [5.74, 6) is -0.640. The van der Waals surface area contributed by atoms with E-state index in [2.05, 4.69) is 10.1 Å². The average molecular weight is 287 g/mol. The summed E-state index contributed by atoms with van der Waals surface area (Å²) in [5, 5.41) is 2.33. The summed E-state index contributed by atoms with van der Waals surface area (Å²) in [5.41, 5.74) is -0.195. The number of hydrogen-bond acceptors (Lipinski definition) is 2. The van der Waals surface area contributed by atoms with E-state index < -0.39 is 30.8 Å². The highest BCUT2D eigenvalue weighted by Crippen LogP contribution is 2.35. The number of hydrogen-bond donors (Lipinski definition) is 1. The molecule has 0 aromatic heterocycles. The van der Waals surface area contributed by atoms with Gasteiger partial charge in [0.1, 0.15) is 5.75 Å². The van der Waals surface area contributed by atoms with Crippen LogP contribution in [0.3, 0.4) is 0 Å². The van der Waals surface area contributed by atoms with Crippen LogP contribution >= 0.6 is 0 Å². The zero-order chi connectivity index (χ0) is 14.7. The van der Waals surface area contributed by atoms with Gasteiger partial charge in [-0.15, -0.1) is 13.2 Å². The predicted molar refractivity (Wildman–Crippen MR) is 55.6 cm³/mol. The van der Waals surface area contributed by atoms with Gasteiger partial charge in [-0.3, -0.25) is 0 Å². The van der Waals surface area contributed by atoms with Gasteiger partial charge in [0.25, 0.3) is 0 Å². The first kappa shape index (κ1) is 15.6. The molecule has 0 aliphatic carbocycles. The van der Waals surface area contributed by atoms with Crippen LogP contribution < -0.4 is 10.1 Å². The summed E-state index contributed by atoms with van der Waals surface area (Å²) in [7, 11) is 1.24. The van der Waals surface area contributed by atoms with Crippen molar-refractivity contribution in [1.29, 1.82) is 0 Å². The Morgan fingerprint density at radius 2 is 1.68 bits per heavy atom. The zero-order valence-electron chi connectivity index (χ0n) is 9.77. The van der Waals surface area contributed by atoms with Crippen molar-refractivity contribution in [2.24, 2.45) is 0 Å². The van der Waals surface area contributed by atoms with E-state index in [-0.39, 0.29) is 5.56 Å². The molecule has 2 nitrogen and oxygen atoms in total. The SMILES string of the molecule is CNC(CC(F)(F)F)c1ccccc1OC(F)(F)F. The smallest absolute Gasteiger partial charge is 0.405 e. The minimum atomic E-state index is -4.95. The van der Waals surface area contributed by atoms with Gasteiger partial charge in [-0.1, -0.05) is 18.2 Å². The second-order valence-corrected chi connectivity index (χ2v) is 3.75. The summed E-state index contributed by atoms with van der Waals surface area (Å²) in [6.07, 6.45) is -10.7. The first-order valence-electron chi connectivity index (χ1n) is 5.21. The summed E-state index contributed by atoms with van der Waals surface area (Å²) in [6.45, 7) is 0. The van der Waals surface area contributed by atoms with Gasteiger partial charge in [0.2, 0.25) is 0 Å². The van der Waals surface area contributed by atoms with Crippen LogP contribution in [-0.4, -0.2) is 19.6 Å². The number of para-hydroxylation sites is 1. The van der Waals surface area contributed by atoms with E-state index in [9.17, 15) is 26.3 Å². The molecular formula is C11H11F6NO. The molecule has 0 fully saturated rings. The van der Waals surface area contributed by atoms with Crippen LogP contribution in [0.4, 0.5) is 26.3 Å². The van der Waals surface area contributed by atoms with Crippen molar-refractivity contribution in [3.05, 3.63) is 29.8 Å². The molecule has 1 aromatic carbocycles. The van der Waals surface area contributed by atoms with Crippen LogP contribution in [0.5, 0.6) is 5.75 Å². The van der Waals surface area contributed by atoms with Crippen molar-refractivity contribution in [3.63, 3.8) is 0 Å². The molecule has 0 saturated carbocycles. The Labute approximate surface area is 105 Å². The Bertz CT molecular complexity index is 414. The molecule has 0 bridgehead atoms. The second kappa shape index (κ2) is 5.68. The van der Waals surface area contributed by atoms with Crippen LogP contribution in [0.25, 0.3) is 0 Å². The van der Waals surface area contributed by atoms with E-state index in [0.29, 0.717) is 0 Å². The lowest BCUT2D eigenvalue weighted by Crippen LogP contribution is -2.25. The normalized spacial score (nSPS) is 14.3. The van der Waals surface area contributed by atoms with Gasteiger partial charge in [0.15, 0.2) is 0 Å². The number of ether oxygens (including phenoxy) is 1. The van der Waals surface area contributed by atoms with Crippen molar-refractivity contribution < 1.29 is 31.1 Å². The second-order valence-electron chi connectivity index (χ2n) is 3.75. The third kappa shape index (κ3) is 5.37. The van der Waals surface area contributed by atoms with Crippen LogP contribution in [0.2, 0.25) is 0 Å². The Morgan fingerprint density at radius 3 is 2.16 bits per heavy atom. The molecule has 0 aliphatic rings. The fraction of sp³-hybridized carbons (Fsp3) is 0.455. The van der Waals surface area contributed by atoms with E-state index in [1.165, 1.54) is 19.2 Å². The number of halogens is 6. The maximum Gasteiger partial charge on any atom is 0.573 e. The van der Waals surface area contributed by atoms with Gasteiger partial charge in [0, 0.05) is 11.6 Å². The topological polar surface area (TPSA) is 21.3 Å². The summed E-state index contributed by atoms with van der Waals surface area (Å²) < 4.78 is 77.2. The molecule has 1 aromatic rings. The van der Waals surface area contributed by atoms with Crippen molar-refractivity contribution in [2.45, 2.75) is 25.0 Å². The highest BCUT2D eigenvalue weighted by atomic mass is 19.4. The van der Waals surface area contributed by atoms with Crippen molar-refractivity contribution in [3.8, 4) is 5.75 Å². The van der Waals surface area contributed by atoms with Gasteiger partial charge in [-0.05, 0) is 13.1 Å². The molecule has 1 N–H and O–H groups in total. The van der Waals surface area contributed by atoms with E-state index >= 15 is 0 Å². The minimum absolute atomic E-state index is 0.195. The van der Waals surface area contributed by atoms with Crippen molar-refractivity contribution in [1.82, 2.24) is 5.32 Å². The Hall–Kier alpha value is -1.44. The molecule has 1 atom stereocenters. The minimum Gasteiger partial charge on any atom is -0.405 e. The van der Waals surface area contributed by atoms with E-state index in [4.69, 9.17) is 0 Å². The van der Waals surface area contributed by atoms with Crippen LogP contribution in [0, 0.1) is 0 Å². The van der Waals surface area contributed by atoms with Crippen molar-refractivity contribution in [2.75, 3.05) is 7.05 Å². The summed E-state index contributed by atoms with van der Waals surface area (Å²) >= 11 is 0. The number of benzene rings is 1. The van der Waals surface area contributed by atoms with Crippen LogP contribution in [0.1, 0.15) is 18.0 Å². The molecular weight excluding hydrogens is 276 g/mol.